The van der Waals surface area contributed by atoms with E-state index in [0.717, 1.165) is 11.8 Å². The van der Waals surface area contributed by atoms with Crippen LogP contribution in [0.4, 0.5) is 0 Å². The first-order valence-corrected chi connectivity index (χ1v) is 7.56. The number of hydrogen-bond donors (Lipinski definition) is 0. The van der Waals surface area contributed by atoms with E-state index in [4.69, 9.17) is 14.2 Å². The predicted octanol–water partition coefficient (Wildman–Crippen LogP) is 1.98. The van der Waals surface area contributed by atoms with E-state index < -0.39 is 5.97 Å². The summed E-state index contributed by atoms with van der Waals surface area (Å²) >= 11 is 0. The van der Waals surface area contributed by atoms with Crippen LogP contribution >= 0.6 is 0 Å². The van der Waals surface area contributed by atoms with E-state index in [9.17, 15) is 9.59 Å². The minimum atomic E-state index is -0.458. The van der Waals surface area contributed by atoms with Crippen LogP contribution in [-0.4, -0.2) is 37.5 Å². The van der Waals surface area contributed by atoms with Crippen LogP contribution in [0.1, 0.15) is 13.3 Å². The Hall–Kier alpha value is -2.34. The smallest absolute Gasteiger partial charge is 0.326 e. The average molecular weight is 319 g/mol. The summed E-state index contributed by atoms with van der Waals surface area (Å²) in [5.74, 6) is 0.223. The molecule has 1 aromatic heterocycles. The predicted molar refractivity (Wildman–Crippen MR) is 86.8 cm³/mol. The third-order valence-electron chi connectivity index (χ3n) is 3.32. The second-order valence-corrected chi connectivity index (χ2v) is 5.03. The first-order chi connectivity index (χ1) is 11.2. The van der Waals surface area contributed by atoms with Gasteiger partial charge in [-0.3, -0.25) is 9.59 Å². The molecule has 1 aromatic carbocycles. The summed E-state index contributed by atoms with van der Waals surface area (Å²) in [7, 11) is 1.57. The summed E-state index contributed by atoms with van der Waals surface area (Å²) in [5, 5.41) is 1.30. The second kappa shape index (κ2) is 8.33. The number of carbonyl (C=O) groups excluding carboxylic acids is 1. The summed E-state index contributed by atoms with van der Waals surface area (Å²) in [6.45, 7) is 3.10. The zero-order valence-corrected chi connectivity index (χ0v) is 13.4. The molecule has 0 saturated heterocycles. The number of nitrogens with zero attached hydrogens (tertiary/aromatic N) is 1. The van der Waals surface area contributed by atoms with Crippen molar-refractivity contribution >= 4 is 16.7 Å². The van der Waals surface area contributed by atoms with E-state index in [1.165, 1.54) is 4.57 Å². The summed E-state index contributed by atoms with van der Waals surface area (Å²) in [6.07, 6.45) is 2.50. The first kappa shape index (κ1) is 17.0. The Bertz CT molecular complexity index is 722. The fourth-order valence-electron chi connectivity index (χ4n) is 2.16. The molecule has 2 aromatic rings. The van der Waals surface area contributed by atoms with Crippen molar-refractivity contribution in [2.75, 3.05) is 26.9 Å². The van der Waals surface area contributed by atoms with Crippen molar-refractivity contribution in [3.8, 4) is 5.75 Å². The molecule has 0 radical (unpaired) electrons. The number of esters is 1. The monoisotopic (exact) mass is 319 g/mol. The standard InChI is InChI=1S/C17H21NO5/c1-3-8-22-9-10-23-16(19)12-18-7-6-13-11-14(21-2)4-5-15(13)17(18)20/h4-7,11H,3,8-10,12H2,1-2H3. The molecule has 0 amide bonds. The zero-order valence-electron chi connectivity index (χ0n) is 13.4. The highest BCUT2D eigenvalue weighted by molar-refractivity contribution is 5.83. The molecule has 0 aliphatic carbocycles. The minimum absolute atomic E-state index is 0.116. The van der Waals surface area contributed by atoms with Gasteiger partial charge in [-0.25, -0.2) is 0 Å². The number of carbonyl (C=O) groups is 1. The van der Waals surface area contributed by atoms with Gasteiger partial charge in [-0.1, -0.05) is 6.92 Å². The number of rotatable bonds is 8. The molecule has 2 rings (SSSR count). The number of fused-ring (bicyclic) bond motifs is 1. The molecular formula is C17H21NO5. The molecule has 0 spiro atoms. The Labute approximate surface area is 134 Å². The lowest BCUT2D eigenvalue weighted by atomic mass is 10.1. The van der Waals surface area contributed by atoms with E-state index >= 15 is 0 Å². The molecule has 0 unspecified atom stereocenters. The van der Waals surface area contributed by atoms with Gasteiger partial charge in [0, 0.05) is 18.2 Å². The number of benzene rings is 1. The van der Waals surface area contributed by atoms with Gasteiger partial charge in [0.25, 0.3) is 5.56 Å². The molecule has 0 fully saturated rings. The van der Waals surface area contributed by atoms with E-state index in [0.29, 0.717) is 24.3 Å². The Morgan fingerprint density at radius 3 is 2.74 bits per heavy atom. The number of ether oxygens (including phenoxy) is 3. The molecule has 0 aliphatic rings. The van der Waals surface area contributed by atoms with Crippen molar-refractivity contribution in [3.63, 3.8) is 0 Å². The lowest BCUT2D eigenvalue weighted by Crippen LogP contribution is -2.25. The summed E-state index contributed by atoms with van der Waals surface area (Å²) < 4.78 is 16.8. The Morgan fingerprint density at radius 1 is 1.17 bits per heavy atom. The number of hydrogen-bond acceptors (Lipinski definition) is 5. The van der Waals surface area contributed by atoms with Crippen LogP contribution in [-0.2, 0) is 20.8 Å². The Balaban J connectivity index is 2.01. The average Bonchev–Trinajstić information content (AvgIpc) is 2.57. The highest BCUT2D eigenvalue weighted by atomic mass is 16.6. The van der Waals surface area contributed by atoms with Gasteiger partial charge < -0.3 is 18.8 Å². The molecule has 0 bridgehead atoms. The van der Waals surface area contributed by atoms with Gasteiger partial charge in [0.15, 0.2) is 0 Å². The number of pyridine rings is 1. The molecule has 1 heterocycles. The van der Waals surface area contributed by atoms with Crippen molar-refractivity contribution in [1.82, 2.24) is 4.57 Å². The minimum Gasteiger partial charge on any atom is -0.497 e. The molecule has 0 N–H and O–H groups in total. The molecule has 0 atom stereocenters. The van der Waals surface area contributed by atoms with Gasteiger partial charge in [-0.15, -0.1) is 0 Å². The largest absolute Gasteiger partial charge is 0.497 e. The topological polar surface area (TPSA) is 66.8 Å². The third-order valence-corrected chi connectivity index (χ3v) is 3.32. The van der Waals surface area contributed by atoms with Crippen molar-refractivity contribution in [3.05, 3.63) is 40.8 Å². The fraction of sp³-hybridized carbons (Fsp3) is 0.412. The summed E-state index contributed by atoms with van der Waals surface area (Å²) in [5.41, 5.74) is -0.232. The van der Waals surface area contributed by atoms with Crippen LogP contribution in [0.15, 0.2) is 35.3 Å². The lowest BCUT2D eigenvalue weighted by molar-refractivity contribution is -0.145. The maximum absolute atomic E-state index is 12.4. The van der Waals surface area contributed by atoms with Gasteiger partial charge in [-0.05, 0) is 36.1 Å². The van der Waals surface area contributed by atoms with E-state index in [1.54, 1.807) is 37.6 Å². The number of methoxy groups -OCH3 is 1. The van der Waals surface area contributed by atoms with Gasteiger partial charge in [0.1, 0.15) is 18.9 Å². The Morgan fingerprint density at radius 2 is 2.00 bits per heavy atom. The molecular weight excluding hydrogens is 298 g/mol. The van der Waals surface area contributed by atoms with Crippen LogP contribution in [0.2, 0.25) is 0 Å². The highest BCUT2D eigenvalue weighted by Crippen LogP contribution is 2.17. The zero-order chi connectivity index (χ0) is 16.7. The molecule has 124 valence electrons. The lowest BCUT2D eigenvalue weighted by Gasteiger charge is -2.09. The van der Waals surface area contributed by atoms with Crippen LogP contribution in [0.3, 0.4) is 0 Å². The van der Waals surface area contributed by atoms with Crippen LogP contribution in [0.5, 0.6) is 5.75 Å². The third kappa shape index (κ3) is 4.56. The van der Waals surface area contributed by atoms with Gasteiger partial charge in [0.05, 0.1) is 13.7 Å². The van der Waals surface area contributed by atoms with Crippen molar-refractivity contribution in [1.29, 1.82) is 0 Å². The van der Waals surface area contributed by atoms with E-state index in [1.807, 2.05) is 6.92 Å². The second-order valence-electron chi connectivity index (χ2n) is 5.03. The molecule has 0 saturated carbocycles. The maximum atomic E-state index is 12.4. The molecule has 0 aliphatic heterocycles. The Kier molecular flexibility index (Phi) is 6.17. The van der Waals surface area contributed by atoms with Crippen LogP contribution in [0, 0.1) is 0 Å². The fourth-order valence-corrected chi connectivity index (χ4v) is 2.16. The van der Waals surface area contributed by atoms with Crippen molar-refractivity contribution in [2.24, 2.45) is 0 Å². The first-order valence-electron chi connectivity index (χ1n) is 7.56. The van der Waals surface area contributed by atoms with Gasteiger partial charge in [-0.2, -0.15) is 0 Å². The summed E-state index contributed by atoms with van der Waals surface area (Å²) in [6, 6.07) is 6.97. The SMILES string of the molecule is CCCOCCOC(=O)Cn1ccc2cc(OC)ccc2c1=O. The molecule has 23 heavy (non-hydrogen) atoms. The summed E-state index contributed by atoms with van der Waals surface area (Å²) in [4.78, 5) is 24.1. The van der Waals surface area contributed by atoms with E-state index in [2.05, 4.69) is 0 Å². The van der Waals surface area contributed by atoms with Gasteiger partial charge in [0.2, 0.25) is 0 Å². The highest BCUT2D eigenvalue weighted by Gasteiger charge is 2.09. The van der Waals surface area contributed by atoms with E-state index in [-0.39, 0.29) is 18.7 Å². The van der Waals surface area contributed by atoms with Crippen molar-refractivity contribution < 1.29 is 19.0 Å². The van der Waals surface area contributed by atoms with Gasteiger partial charge >= 0.3 is 5.97 Å². The molecule has 6 heteroatoms. The molecule has 6 nitrogen and oxygen atoms in total. The van der Waals surface area contributed by atoms with Crippen molar-refractivity contribution in [2.45, 2.75) is 19.9 Å². The maximum Gasteiger partial charge on any atom is 0.326 e. The number of aromatic nitrogens is 1. The normalized spacial score (nSPS) is 10.7. The van der Waals surface area contributed by atoms with Crippen LogP contribution in [0.25, 0.3) is 10.8 Å². The quantitative estimate of drug-likeness (QED) is 0.550. The van der Waals surface area contributed by atoms with Crippen LogP contribution < -0.4 is 10.3 Å².